The molecule has 2 aromatic carbocycles. The lowest BCUT2D eigenvalue weighted by molar-refractivity contribution is 0.603. The topological polar surface area (TPSA) is 12.0 Å². The average molecular weight is 306 g/mol. The molecule has 1 nitrogen and oxygen atoms in total. The minimum Gasteiger partial charge on any atom is -0.309 e. The number of hydrogen-bond acceptors (Lipinski definition) is 2. The standard InChI is InChI=1S/C17H20ClNS/c1-3-19-17(16-7-5-4-6-13(16)2)12-20-15-10-8-14(18)9-11-15/h4-11,17,19H,3,12H2,1-2H3. The van der Waals surface area contributed by atoms with Crippen LogP contribution >= 0.6 is 23.4 Å². The second-order valence-electron chi connectivity index (χ2n) is 4.73. The predicted octanol–water partition coefficient (Wildman–Crippen LogP) is 5.09. The fourth-order valence-electron chi connectivity index (χ4n) is 2.19. The Morgan fingerprint density at radius 3 is 2.45 bits per heavy atom. The summed E-state index contributed by atoms with van der Waals surface area (Å²) >= 11 is 7.78. The Kier molecular flexibility index (Phi) is 5.96. The van der Waals surface area contributed by atoms with Crippen molar-refractivity contribution in [1.29, 1.82) is 0 Å². The summed E-state index contributed by atoms with van der Waals surface area (Å²) in [5, 5.41) is 4.36. The molecule has 20 heavy (non-hydrogen) atoms. The highest BCUT2D eigenvalue weighted by molar-refractivity contribution is 7.99. The van der Waals surface area contributed by atoms with Crippen molar-refractivity contribution in [2.75, 3.05) is 12.3 Å². The molecule has 1 N–H and O–H groups in total. The molecule has 0 saturated carbocycles. The minimum absolute atomic E-state index is 0.377. The molecule has 0 radical (unpaired) electrons. The number of thioether (sulfide) groups is 1. The molecule has 1 unspecified atom stereocenters. The van der Waals surface area contributed by atoms with Gasteiger partial charge in [0.05, 0.1) is 0 Å². The van der Waals surface area contributed by atoms with Gasteiger partial charge >= 0.3 is 0 Å². The molecule has 0 aromatic heterocycles. The summed E-state index contributed by atoms with van der Waals surface area (Å²) in [6.07, 6.45) is 0. The van der Waals surface area contributed by atoms with Gasteiger partial charge in [-0.15, -0.1) is 11.8 Å². The van der Waals surface area contributed by atoms with E-state index < -0.39 is 0 Å². The summed E-state index contributed by atoms with van der Waals surface area (Å²) < 4.78 is 0. The Balaban J connectivity index is 2.06. The first kappa shape index (κ1) is 15.4. The summed E-state index contributed by atoms with van der Waals surface area (Å²) in [6.45, 7) is 5.30. The molecule has 2 aromatic rings. The van der Waals surface area contributed by atoms with Crippen LogP contribution in [0.1, 0.15) is 24.1 Å². The minimum atomic E-state index is 0.377. The van der Waals surface area contributed by atoms with Gasteiger partial charge in [-0.25, -0.2) is 0 Å². The van der Waals surface area contributed by atoms with Gasteiger partial charge in [0, 0.05) is 21.7 Å². The number of rotatable bonds is 6. The van der Waals surface area contributed by atoms with Crippen molar-refractivity contribution in [3.63, 3.8) is 0 Å². The van der Waals surface area contributed by atoms with Gasteiger partial charge in [-0.2, -0.15) is 0 Å². The van der Waals surface area contributed by atoms with Crippen LogP contribution in [0, 0.1) is 6.92 Å². The van der Waals surface area contributed by atoms with Crippen LogP contribution in [0.3, 0.4) is 0 Å². The van der Waals surface area contributed by atoms with Crippen molar-refractivity contribution < 1.29 is 0 Å². The van der Waals surface area contributed by atoms with Crippen LogP contribution in [0.5, 0.6) is 0 Å². The average Bonchev–Trinajstić information content (AvgIpc) is 2.46. The molecule has 106 valence electrons. The van der Waals surface area contributed by atoms with E-state index in [0.717, 1.165) is 17.3 Å². The SMILES string of the molecule is CCNC(CSc1ccc(Cl)cc1)c1ccccc1C. The molecule has 3 heteroatoms. The molecule has 0 bridgehead atoms. The normalized spacial score (nSPS) is 12.3. The van der Waals surface area contributed by atoms with Crippen molar-refractivity contribution in [2.24, 2.45) is 0 Å². The van der Waals surface area contributed by atoms with Crippen molar-refractivity contribution in [3.8, 4) is 0 Å². The number of benzene rings is 2. The van der Waals surface area contributed by atoms with Crippen molar-refractivity contribution in [3.05, 3.63) is 64.7 Å². The lowest BCUT2D eigenvalue weighted by atomic mass is 10.0. The van der Waals surface area contributed by atoms with Gasteiger partial charge in [-0.05, 0) is 48.9 Å². The largest absolute Gasteiger partial charge is 0.309 e. The summed E-state index contributed by atoms with van der Waals surface area (Å²) in [5.41, 5.74) is 2.73. The zero-order valence-corrected chi connectivity index (χ0v) is 13.5. The van der Waals surface area contributed by atoms with E-state index in [9.17, 15) is 0 Å². The van der Waals surface area contributed by atoms with Crippen LogP contribution in [0.25, 0.3) is 0 Å². The maximum absolute atomic E-state index is 5.92. The Labute approximate surface area is 130 Å². The number of hydrogen-bond donors (Lipinski definition) is 1. The molecule has 0 aliphatic rings. The maximum Gasteiger partial charge on any atom is 0.0417 e. The molecule has 0 heterocycles. The Morgan fingerprint density at radius 2 is 1.80 bits per heavy atom. The van der Waals surface area contributed by atoms with Crippen LogP contribution < -0.4 is 5.32 Å². The van der Waals surface area contributed by atoms with E-state index in [1.807, 2.05) is 23.9 Å². The number of aryl methyl sites for hydroxylation is 1. The highest BCUT2D eigenvalue weighted by Gasteiger charge is 2.12. The van der Waals surface area contributed by atoms with E-state index in [2.05, 4.69) is 55.6 Å². The van der Waals surface area contributed by atoms with E-state index in [1.165, 1.54) is 16.0 Å². The van der Waals surface area contributed by atoms with Crippen molar-refractivity contribution >= 4 is 23.4 Å². The van der Waals surface area contributed by atoms with Gasteiger partial charge in [-0.3, -0.25) is 0 Å². The van der Waals surface area contributed by atoms with Crippen LogP contribution in [0.15, 0.2) is 53.4 Å². The van der Waals surface area contributed by atoms with Crippen molar-refractivity contribution in [2.45, 2.75) is 24.8 Å². The van der Waals surface area contributed by atoms with Gasteiger partial charge in [0.1, 0.15) is 0 Å². The molecular formula is C17H20ClNS. The first-order valence-electron chi connectivity index (χ1n) is 6.88. The summed E-state index contributed by atoms with van der Waals surface area (Å²) in [4.78, 5) is 1.26. The third-order valence-electron chi connectivity index (χ3n) is 3.24. The number of halogens is 1. The van der Waals surface area contributed by atoms with Gasteiger partial charge < -0.3 is 5.32 Å². The number of nitrogens with one attached hydrogen (secondary N) is 1. The van der Waals surface area contributed by atoms with Crippen LogP contribution in [0.4, 0.5) is 0 Å². The fourth-order valence-corrected chi connectivity index (χ4v) is 3.30. The first-order valence-corrected chi connectivity index (χ1v) is 8.24. The van der Waals surface area contributed by atoms with Crippen LogP contribution in [0.2, 0.25) is 5.02 Å². The Bertz CT molecular complexity index is 539. The second kappa shape index (κ2) is 7.72. The first-order chi connectivity index (χ1) is 9.70. The molecule has 0 aliphatic heterocycles. The van der Waals surface area contributed by atoms with E-state index >= 15 is 0 Å². The zero-order valence-electron chi connectivity index (χ0n) is 11.9. The second-order valence-corrected chi connectivity index (χ2v) is 6.26. The Morgan fingerprint density at radius 1 is 1.10 bits per heavy atom. The van der Waals surface area contributed by atoms with E-state index in [1.54, 1.807) is 0 Å². The molecule has 2 rings (SSSR count). The van der Waals surface area contributed by atoms with Gasteiger partial charge in [0.2, 0.25) is 0 Å². The highest BCUT2D eigenvalue weighted by Crippen LogP contribution is 2.27. The lowest BCUT2D eigenvalue weighted by Crippen LogP contribution is -2.23. The monoisotopic (exact) mass is 305 g/mol. The van der Waals surface area contributed by atoms with Crippen molar-refractivity contribution in [1.82, 2.24) is 5.32 Å². The lowest BCUT2D eigenvalue weighted by Gasteiger charge is -2.20. The molecule has 1 atom stereocenters. The van der Waals surface area contributed by atoms with Gasteiger partial charge in [0.25, 0.3) is 0 Å². The fraction of sp³-hybridized carbons (Fsp3) is 0.294. The molecule has 0 aliphatic carbocycles. The zero-order chi connectivity index (χ0) is 14.4. The smallest absolute Gasteiger partial charge is 0.0417 e. The quantitative estimate of drug-likeness (QED) is 0.746. The molecule has 0 saturated heterocycles. The molecule has 0 fully saturated rings. The maximum atomic E-state index is 5.92. The predicted molar refractivity (Wildman–Crippen MR) is 89.8 cm³/mol. The van der Waals surface area contributed by atoms with Gasteiger partial charge in [0.15, 0.2) is 0 Å². The van der Waals surface area contributed by atoms with E-state index in [0.29, 0.717) is 6.04 Å². The summed E-state index contributed by atoms with van der Waals surface area (Å²) in [7, 11) is 0. The third-order valence-corrected chi connectivity index (χ3v) is 4.60. The molecule has 0 amide bonds. The Hall–Kier alpha value is -0.960. The van der Waals surface area contributed by atoms with E-state index in [4.69, 9.17) is 11.6 Å². The molecular weight excluding hydrogens is 286 g/mol. The molecule has 0 spiro atoms. The van der Waals surface area contributed by atoms with Crippen LogP contribution in [-0.2, 0) is 0 Å². The summed E-state index contributed by atoms with van der Waals surface area (Å²) in [6, 6.07) is 17.0. The highest BCUT2D eigenvalue weighted by atomic mass is 35.5. The third kappa shape index (κ3) is 4.27. The van der Waals surface area contributed by atoms with Crippen LogP contribution in [-0.4, -0.2) is 12.3 Å². The van der Waals surface area contributed by atoms with E-state index in [-0.39, 0.29) is 0 Å². The van der Waals surface area contributed by atoms with Gasteiger partial charge in [-0.1, -0.05) is 42.8 Å². The summed E-state index contributed by atoms with van der Waals surface area (Å²) in [5.74, 6) is 1.01.